The van der Waals surface area contributed by atoms with Gasteiger partial charge in [-0.3, -0.25) is 5.43 Å². The molecule has 0 fully saturated rings. The minimum Gasteiger partial charge on any atom is -0.307 e. The lowest BCUT2D eigenvalue weighted by Gasteiger charge is -2.08. The van der Waals surface area contributed by atoms with Crippen LogP contribution in [0.1, 0.15) is 5.56 Å². The second-order valence-corrected chi connectivity index (χ2v) is 6.89. The summed E-state index contributed by atoms with van der Waals surface area (Å²) in [7, 11) is -3.64. The number of sulfone groups is 1. The number of hydrazine groups is 1. The maximum absolute atomic E-state index is 12.5. The van der Waals surface area contributed by atoms with Crippen molar-refractivity contribution in [2.45, 2.75) is 16.7 Å². The summed E-state index contributed by atoms with van der Waals surface area (Å²) in [6.07, 6.45) is 0. The topological polar surface area (TPSA) is 101 Å². The number of aryl methyl sites for hydroxylation is 1. The molecule has 0 saturated carbocycles. The Labute approximate surface area is 133 Å². The van der Waals surface area contributed by atoms with Crippen LogP contribution in [0.5, 0.6) is 0 Å². The zero-order valence-corrected chi connectivity index (χ0v) is 13.2. The van der Waals surface area contributed by atoms with Gasteiger partial charge in [0.25, 0.3) is 0 Å². The lowest BCUT2D eigenvalue weighted by Crippen LogP contribution is -2.34. The maximum Gasteiger partial charge on any atom is 0.333 e. The molecule has 2 amide bonds. The highest BCUT2D eigenvalue weighted by Gasteiger charge is 2.18. The fourth-order valence-corrected chi connectivity index (χ4v) is 3.27. The van der Waals surface area contributed by atoms with Crippen LogP contribution in [0.2, 0.25) is 5.02 Å². The number of hydrogen-bond donors (Lipinski definition) is 3. The number of hydrogen-bond acceptors (Lipinski definition) is 4. The predicted octanol–water partition coefficient (Wildman–Crippen LogP) is 2.48. The van der Waals surface area contributed by atoms with Crippen LogP contribution in [-0.4, -0.2) is 14.4 Å². The molecule has 0 aliphatic rings. The van der Waals surface area contributed by atoms with Gasteiger partial charge in [-0.05, 0) is 55.0 Å². The lowest BCUT2D eigenvalue weighted by atomic mass is 10.2. The van der Waals surface area contributed by atoms with Gasteiger partial charge < -0.3 is 5.32 Å². The first-order chi connectivity index (χ1) is 10.3. The average molecular weight is 340 g/mol. The van der Waals surface area contributed by atoms with Gasteiger partial charge in [0.1, 0.15) is 0 Å². The number of halogens is 1. The third-order valence-corrected chi connectivity index (χ3v) is 5.18. The Kier molecular flexibility index (Phi) is 4.70. The monoisotopic (exact) mass is 339 g/mol. The summed E-state index contributed by atoms with van der Waals surface area (Å²) >= 11 is 5.91. The summed E-state index contributed by atoms with van der Waals surface area (Å²) < 4.78 is 25.0. The standard InChI is InChI=1S/C14H14ClN3O3S/c1-9-8-12(6-7-13(9)15)22(20,21)11-4-2-10(3-5-11)17-14(19)18-16/h2-8H,16H2,1H3,(H2,17,18,19). The van der Waals surface area contributed by atoms with Crippen LogP contribution < -0.4 is 16.6 Å². The maximum atomic E-state index is 12.5. The molecule has 116 valence electrons. The molecule has 0 unspecified atom stereocenters. The summed E-state index contributed by atoms with van der Waals surface area (Å²) in [6, 6.07) is 9.70. The zero-order chi connectivity index (χ0) is 16.3. The number of anilines is 1. The Balaban J connectivity index is 2.33. The van der Waals surface area contributed by atoms with Gasteiger partial charge in [-0.25, -0.2) is 19.1 Å². The molecule has 4 N–H and O–H groups in total. The van der Waals surface area contributed by atoms with Crippen molar-refractivity contribution in [2.75, 3.05) is 5.32 Å². The van der Waals surface area contributed by atoms with E-state index in [9.17, 15) is 13.2 Å². The Morgan fingerprint density at radius 1 is 1.09 bits per heavy atom. The zero-order valence-electron chi connectivity index (χ0n) is 11.6. The van der Waals surface area contributed by atoms with Crippen LogP contribution in [0.3, 0.4) is 0 Å². The molecule has 2 rings (SSSR count). The second kappa shape index (κ2) is 6.35. The molecule has 2 aromatic rings. The number of carbonyl (C=O) groups is 1. The number of rotatable bonds is 3. The number of nitrogens with two attached hydrogens (primary N) is 1. The van der Waals surface area contributed by atoms with E-state index in [1.54, 1.807) is 13.0 Å². The van der Waals surface area contributed by atoms with Gasteiger partial charge in [-0.2, -0.15) is 0 Å². The van der Waals surface area contributed by atoms with E-state index in [2.05, 4.69) is 5.32 Å². The summed E-state index contributed by atoms with van der Waals surface area (Å²) in [4.78, 5) is 11.4. The van der Waals surface area contributed by atoms with Crippen LogP contribution in [0.25, 0.3) is 0 Å². The van der Waals surface area contributed by atoms with E-state index in [0.29, 0.717) is 16.3 Å². The molecule has 6 nitrogen and oxygen atoms in total. The van der Waals surface area contributed by atoms with Crippen LogP contribution in [-0.2, 0) is 9.84 Å². The number of urea groups is 1. The van der Waals surface area contributed by atoms with Gasteiger partial charge in [0.15, 0.2) is 0 Å². The van der Waals surface area contributed by atoms with Crippen LogP contribution in [0.15, 0.2) is 52.3 Å². The van der Waals surface area contributed by atoms with Crippen LogP contribution in [0, 0.1) is 6.92 Å². The largest absolute Gasteiger partial charge is 0.333 e. The molecule has 0 atom stereocenters. The highest BCUT2D eigenvalue weighted by molar-refractivity contribution is 7.91. The predicted molar refractivity (Wildman–Crippen MR) is 84.4 cm³/mol. The SMILES string of the molecule is Cc1cc(S(=O)(=O)c2ccc(NC(=O)NN)cc2)ccc1Cl. The van der Waals surface area contributed by atoms with Crippen molar-refractivity contribution in [3.05, 3.63) is 53.1 Å². The summed E-state index contributed by atoms with van der Waals surface area (Å²) in [5.74, 6) is 4.95. The first kappa shape index (κ1) is 16.3. The normalized spacial score (nSPS) is 11.0. The van der Waals surface area contributed by atoms with E-state index < -0.39 is 15.9 Å². The van der Waals surface area contributed by atoms with Gasteiger partial charge >= 0.3 is 6.03 Å². The van der Waals surface area contributed by atoms with Gasteiger partial charge in [-0.1, -0.05) is 11.6 Å². The third kappa shape index (κ3) is 3.38. The van der Waals surface area contributed by atoms with Crippen molar-refractivity contribution in [3.8, 4) is 0 Å². The molecular formula is C14H14ClN3O3S. The highest BCUT2D eigenvalue weighted by Crippen LogP contribution is 2.25. The first-order valence-corrected chi connectivity index (χ1v) is 8.09. The van der Waals surface area contributed by atoms with E-state index in [-0.39, 0.29) is 9.79 Å². The molecule has 0 bridgehead atoms. The van der Waals surface area contributed by atoms with Gasteiger partial charge in [-0.15, -0.1) is 0 Å². The molecule has 0 aromatic heterocycles. The minimum atomic E-state index is -3.64. The van der Waals surface area contributed by atoms with E-state index in [0.717, 1.165) is 0 Å². The highest BCUT2D eigenvalue weighted by atomic mass is 35.5. The number of benzene rings is 2. The Bertz CT molecular complexity index is 805. The summed E-state index contributed by atoms with van der Waals surface area (Å²) in [5.41, 5.74) is 3.02. The fourth-order valence-electron chi connectivity index (χ4n) is 1.81. The Morgan fingerprint density at radius 3 is 2.23 bits per heavy atom. The van der Waals surface area contributed by atoms with Gasteiger partial charge in [0, 0.05) is 10.7 Å². The van der Waals surface area contributed by atoms with Gasteiger partial charge in [0.05, 0.1) is 9.79 Å². The molecule has 2 aromatic carbocycles. The summed E-state index contributed by atoms with van der Waals surface area (Å²) in [6.45, 7) is 1.74. The molecule has 0 aliphatic heterocycles. The number of carbonyl (C=O) groups excluding carboxylic acids is 1. The van der Waals surface area contributed by atoms with E-state index in [1.807, 2.05) is 5.43 Å². The van der Waals surface area contributed by atoms with Crippen molar-refractivity contribution in [2.24, 2.45) is 5.84 Å². The van der Waals surface area contributed by atoms with E-state index in [1.165, 1.54) is 36.4 Å². The first-order valence-electron chi connectivity index (χ1n) is 6.23. The quantitative estimate of drug-likeness (QED) is 0.454. The summed E-state index contributed by atoms with van der Waals surface area (Å²) in [5, 5.41) is 2.95. The van der Waals surface area contributed by atoms with Crippen molar-refractivity contribution < 1.29 is 13.2 Å². The van der Waals surface area contributed by atoms with Crippen molar-refractivity contribution >= 4 is 33.2 Å². The smallest absolute Gasteiger partial charge is 0.307 e. The average Bonchev–Trinajstić information content (AvgIpc) is 2.50. The lowest BCUT2D eigenvalue weighted by molar-refractivity contribution is 0.252. The van der Waals surface area contributed by atoms with E-state index >= 15 is 0 Å². The van der Waals surface area contributed by atoms with Gasteiger partial charge in [0.2, 0.25) is 9.84 Å². The molecule has 0 heterocycles. The number of nitrogens with one attached hydrogen (secondary N) is 2. The molecular weight excluding hydrogens is 326 g/mol. The number of amides is 2. The molecule has 0 aliphatic carbocycles. The third-order valence-electron chi connectivity index (χ3n) is 2.99. The molecule has 8 heteroatoms. The van der Waals surface area contributed by atoms with Crippen LogP contribution in [0.4, 0.5) is 10.5 Å². The van der Waals surface area contributed by atoms with E-state index in [4.69, 9.17) is 17.4 Å². The molecule has 22 heavy (non-hydrogen) atoms. The molecule has 0 spiro atoms. The second-order valence-electron chi connectivity index (χ2n) is 4.54. The van der Waals surface area contributed by atoms with Crippen molar-refractivity contribution in [1.82, 2.24) is 5.43 Å². The molecule has 0 saturated heterocycles. The van der Waals surface area contributed by atoms with Crippen molar-refractivity contribution in [3.63, 3.8) is 0 Å². The fraction of sp³-hybridized carbons (Fsp3) is 0.0714. The van der Waals surface area contributed by atoms with Crippen LogP contribution >= 0.6 is 11.6 Å². The van der Waals surface area contributed by atoms with Crippen molar-refractivity contribution in [1.29, 1.82) is 0 Å². The minimum absolute atomic E-state index is 0.118. The Hall–Kier alpha value is -2.09. The molecule has 0 radical (unpaired) electrons. The Morgan fingerprint density at radius 2 is 1.68 bits per heavy atom.